The second kappa shape index (κ2) is 4.21. The number of nitrogens with two attached hydrogens (primary N) is 1. The van der Waals surface area contributed by atoms with Gasteiger partial charge in [0.05, 0.1) is 0 Å². The lowest BCUT2D eigenvalue weighted by atomic mass is 10.6. The summed E-state index contributed by atoms with van der Waals surface area (Å²) in [6.45, 7) is 0. The summed E-state index contributed by atoms with van der Waals surface area (Å²) < 4.78 is 0.703. The van der Waals surface area contributed by atoms with Crippen LogP contribution in [-0.2, 0) is 0 Å². The highest BCUT2D eigenvalue weighted by Gasteiger charge is 2.05. The molecule has 0 spiro atoms. The van der Waals surface area contributed by atoms with Gasteiger partial charge in [-0.3, -0.25) is 4.79 Å². The standard InChI is InChI=1S/C7H5ClN4OS2/c8-3-2-14-7(10-3)15-6-11-4(9)1-5(13)12-6/h1-2H,(H3,9,11,12,13). The zero-order chi connectivity index (χ0) is 10.8. The topological polar surface area (TPSA) is 84.7 Å². The normalized spacial score (nSPS) is 10.5. The number of nitrogens with one attached hydrogen (secondary N) is 1. The van der Waals surface area contributed by atoms with Crippen LogP contribution in [0.5, 0.6) is 0 Å². The zero-order valence-corrected chi connectivity index (χ0v) is 9.62. The molecule has 2 aromatic rings. The van der Waals surface area contributed by atoms with Crippen molar-refractivity contribution < 1.29 is 0 Å². The van der Waals surface area contributed by atoms with E-state index in [9.17, 15) is 4.79 Å². The van der Waals surface area contributed by atoms with Crippen molar-refractivity contribution in [2.75, 3.05) is 5.73 Å². The summed E-state index contributed by atoms with van der Waals surface area (Å²) in [7, 11) is 0. The number of aromatic amines is 1. The molecule has 78 valence electrons. The summed E-state index contributed by atoms with van der Waals surface area (Å²) in [5, 5.41) is 2.54. The largest absolute Gasteiger partial charge is 0.383 e. The number of thiazole rings is 1. The molecule has 2 aromatic heterocycles. The van der Waals surface area contributed by atoms with Crippen LogP contribution in [-0.4, -0.2) is 15.0 Å². The van der Waals surface area contributed by atoms with Crippen molar-refractivity contribution in [3.8, 4) is 0 Å². The summed E-state index contributed by atoms with van der Waals surface area (Å²) in [4.78, 5) is 21.6. The molecule has 0 atom stereocenters. The van der Waals surface area contributed by atoms with Crippen LogP contribution in [0.2, 0.25) is 5.15 Å². The fraction of sp³-hybridized carbons (Fsp3) is 0. The maximum Gasteiger partial charge on any atom is 0.253 e. The Labute approximate surface area is 97.7 Å². The lowest BCUT2D eigenvalue weighted by molar-refractivity contribution is 0.944. The summed E-state index contributed by atoms with van der Waals surface area (Å²) in [5.41, 5.74) is 5.15. The highest BCUT2D eigenvalue weighted by Crippen LogP contribution is 2.28. The maximum absolute atomic E-state index is 11.1. The van der Waals surface area contributed by atoms with E-state index in [1.165, 1.54) is 29.2 Å². The fourth-order valence-electron chi connectivity index (χ4n) is 0.870. The van der Waals surface area contributed by atoms with Crippen molar-refractivity contribution >= 4 is 40.5 Å². The van der Waals surface area contributed by atoms with E-state index < -0.39 is 0 Å². The Morgan fingerprint density at radius 3 is 2.93 bits per heavy atom. The molecule has 0 aliphatic heterocycles. The summed E-state index contributed by atoms with van der Waals surface area (Å²) >= 11 is 8.24. The van der Waals surface area contributed by atoms with Crippen molar-refractivity contribution in [2.45, 2.75) is 9.50 Å². The van der Waals surface area contributed by atoms with E-state index in [0.717, 1.165) is 0 Å². The monoisotopic (exact) mass is 260 g/mol. The van der Waals surface area contributed by atoms with Gasteiger partial charge < -0.3 is 10.7 Å². The first-order valence-corrected chi connectivity index (χ1v) is 5.86. The van der Waals surface area contributed by atoms with E-state index in [-0.39, 0.29) is 11.4 Å². The molecule has 0 amide bonds. The molecule has 2 rings (SSSR count). The third-order valence-electron chi connectivity index (χ3n) is 1.38. The van der Waals surface area contributed by atoms with Crippen LogP contribution in [0.3, 0.4) is 0 Å². The van der Waals surface area contributed by atoms with Gasteiger partial charge >= 0.3 is 0 Å². The molecule has 0 fully saturated rings. The average molecular weight is 261 g/mol. The minimum Gasteiger partial charge on any atom is -0.383 e. The Hall–Kier alpha value is -1.05. The lowest BCUT2D eigenvalue weighted by Crippen LogP contribution is -2.09. The molecule has 15 heavy (non-hydrogen) atoms. The van der Waals surface area contributed by atoms with Crippen LogP contribution < -0.4 is 11.3 Å². The number of hydrogen-bond donors (Lipinski definition) is 2. The Balaban J connectivity index is 2.28. The molecule has 3 N–H and O–H groups in total. The van der Waals surface area contributed by atoms with E-state index in [1.807, 2.05) is 0 Å². The number of nitrogen functional groups attached to an aromatic ring is 1. The predicted molar refractivity (Wildman–Crippen MR) is 60.5 cm³/mol. The highest BCUT2D eigenvalue weighted by atomic mass is 35.5. The van der Waals surface area contributed by atoms with E-state index >= 15 is 0 Å². The molecule has 2 heterocycles. The van der Waals surface area contributed by atoms with Gasteiger partial charge in [-0.1, -0.05) is 11.6 Å². The van der Waals surface area contributed by atoms with Crippen molar-refractivity contribution in [3.05, 3.63) is 27.0 Å². The van der Waals surface area contributed by atoms with Gasteiger partial charge in [0.2, 0.25) is 0 Å². The Morgan fingerprint density at radius 1 is 1.53 bits per heavy atom. The Kier molecular flexibility index (Phi) is 2.94. The van der Waals surface area contributed by atoms with Gasteiger partial charge in [0, 0.05) is 11.4 Å². The van der Waals surface area contributed by atoms with Crippen LogP contribution in [0.1, 0.15) is 0 Å². The van der Waals surface area contributed by atoms with Crippen LogP contribution >= 0.6 is 34.7 Å². The number of H-pyrrole nitrogens is 1. The highest BCUT2D eigenvalue weighted by molar-refractivity contribution is 8.00. The molecule has 0 saturated heterocycles. The molecule has 0 aromatic carbocycles. The number of rotatable bonds is 2. The lowest BCUT2D eigenvalue weighted by Gasteiger charge is -1.97. The molecular weight excluding hydrogens is 256 g/mol. The molecule has 0 saturated carbocycles. The van der Waals surface area contributed by atoms with E-state index in [1.54, 1.807) is 5.38 Å². The molecule has 5 nitrogen and oxygen atoms in total. The van der Waals surface area contributed by atoms with E-state index in [4.69, 9.17) is 17.3 Å². The Morgan fingerprint density at radius 2 is 2.33 bits per heavy atom. The quantitative estimate of drug-likeness (QED) is 0.802. The fourth-order valence-corrected chi connectivity index (χ4v) is 2.78. The van der Waals surface area contributed by atoms with Crippen molar-refractivity contribution in [1.82, 2.24) is 15.0 Å². The van der Waals surface area contributed by atoms with Crippen LogP contribution in [0.25, 0.3) is 0 Å². The molecule has 0 bridgehead atoms. The smallest absolute Gasteiger partial charge is 0.253 e. The summed E-state index contributed by atoms with van der Waals surface area (Å²) in [6.07, 6.45) is 0. The number of anilines is 1. The summed E-state index contributed by atoms with van der Waals surface area (Å²) in [5.74, 6) is 0.184. The van der Waals surface area contributed by atoms with Gasteiger partial charge in [0.1, 0.15) is 11.0 Å². The first kappa shape index (κ1) is 10.5. The van der Waals surface area contributed by atoms with Gasteiger partial charge in [-0.05, 0) is 11.8 Å². The predicted octanol–water partition coefficient (Wildman–Crippen LogP) is 1.61. The third kappa shape index (κ3) is 2.71. The van der Waals surface area contributed by atoms with Gasteiger partial charge in [-0.25, -0.2) is 9.97 Å². The number of aromatic nitrogens is 3. The Bertz CT molecular complexity index is 538. The second-order valence-corrected chi connectivity index (χ2v) is 4.99. The van der Waals surface area contributed by atoms with Crippen molar-refractivity contribution in [3.63, 3.8) is 0 Å². The van der Waals surface area contributed by atoms with Crippen molar-refractivity contribution in [1.29, 1.82) is 0 Å². The molecule has 0 aliphatic carbocycles. The number of hydrogen-bond acceptors (Lipinski definition) is 6. The first-order chi connectivity index (χ1) is 7.13. The second-order valence-electron chi connectivity index (χ2n) is 2.51. The van der Waals surface area contributed by atoms with Crippen molar-refractivity contribution in [2.24, 2.45) is 0 Å². The van der Waals surface area contributed by atoms with Crippen LogP contribution in [0.4, 0.5) is 5.82 Å². The molecular formula is C7H5ClN4OS2. The first-order valence-electron chi connectivity index (χ1n) is 3.79. The SMILES string of the molecule is Nc1cc(=O)[nH]c(Sc2nc(Cl)cs2)n1. The molecule has 0 aliphatic rings. The van der Waals surface area contributed by atoms with Gasteiger partial charge in [0.15, 0.2) is 9.50 Å². The number of halogens is 1. The van der Waals surface area contributed by atoms with Gasteiger partial charge in [-0.15, -0.1) is 11.3 Å². The maximum atomic E-state index is 11.1. The third-order valence-corrected chi connectivity index (χ3v) is 3.53. The molecule has 0 unspecified atom stereocenters. The van der Waals surface area contributed by atoms with Gasteiger partial charge in [-0.2, -0.15) is 0 Å². The number of nitrogens with zero attached hydrogens (tertiary/aromatic N) is 2. The van der Waals surface area contributed by atoms with Crippen LogP contribution in [0, 0.1) is 0 Å². The van der Waals surface area contributed by atoms with Gasteiger partial charge in [0.25, 0.3) is 5.56 Å². The van der Waals surface area contributed by atoms with Crippen LogP contribution in [0.15, 0.2) is 25.7 Å². The molecule has 8 heteroatoms. The minimum atomic E-state index is -0.285. The average Bonchev–Trinajstić information content (AvgIpc) is 2.49. The van der Waals surface area contributed by atoms with E-state index in [0.29, 0.717) is 14.6 Å². The van der Waals surface area contributed by atoms with E-state index in [2.05, 4.69) is 15.0 Å². The minimum absolute atomic E-state index is 0.184. The zero-order valence-electron chi connectivity index (χ0n) is 7.23. The molecule has 0 radical (unpaired) electrons. The summed E-state index contributed by atoms with van der Waals surface area (Å²) in [6, 6.07) is 1.22.